The van der Waals surface area contributed by atoms with Crippen molar-refractivity contribution in [3.8, 4) is 0 Å². The molecule has 0 atom stereocenters. The number of hydrogen-bond acceptors (Lipinski definition) is 5. The van der Waals surface area contributed by atoms with Crippen LogP contribution in [0.1, 0.15) is 17.3 Å². The van der Waals surface area contributed by atoms with Gasteiger partial charge in [0.05, 0.1) is 19.2 Å². The largest absolute Gasteiger partial charge is 0.468 e. The highest BCUT2D eigenvalue weighted by atomic mass is 16.5. The Hall–Kier alpha value is -2.63. The first-order chi connectivity index (χ1) is 10.1. The number of fused-ring (bicyclic) bond motifs is 1. The van der Waals surface area contributed by atoms with Crippen LogP contribution in [0.4, 0.5) is 0 Å². The second kappa shape index (κ2) is 6.21. The summed E-state index contributed by atoms with van der Waals surface area (Å²) in [7, 11) is 1.28. The summed E-state index contributed by atoms with van der Waals surface area (Å²) in [6, 6.07) is 6.75. The molecule has 0 aliphatic heterocycles. The fraction of sp³-hybridized carbons (Fsp3) is 0.267. The molecule has 1 heterocycles. The number of carbonyl (C=O) groups excluding carboxylic acids is 2. The van der Waals surface area contributed by atoms with Gasteiger partial charge in [-0.3, -0.25) is 9.59 Å². The first-order valence-corrected chi connectivity index (χ1v) is 6.44. The van der Waals surface area contributed by atoms with E-state index in [1.54, 1.807) is 31.2 Å². The fourth-order valence-corrected chi connectivity index (χ4v) is 2.03. The Morgan fingerprint density at radius 2 is 1.95 bits per heavy atom. The van der Waals surface area contributed by atoms with Gasteiger partial charge in [0.1, 0.15) is 12.1 Å². The second-order valence-electron chi connectivity index (χ2n) is 4.31. The van der Waals surface area contributed by atoms with Crippen molar-refractivity contribution >= 4 is 22.8 Å². The van der Waals surface area contributed by atoms with Gasteiger partial charge >= 0.3 is 11.9 Å². The molecule has 0 unspecified atom stereocenters. The Morgan fingerprint density at radius 3 is 2.62 bits per heavy atom. The zero-order chi connectivity index (χ0) is 15.4. The maximum absolute atomic E-state index is 12.3. The van der Waals surface area contributed by atoms with E-state index in [2.05, 4.69) is 4.74 Å². The molecule has 0 spiro atoms. The van der Waals surface area contributed by atoms with Crippen LogP contribution in [0, 0.1) is 0 Å². The van der Waals surface area contributed by atoms with Crippen molar-refractivity contribution in [2.75, 3.05) is 13.7 Å². The van der Waals surface area contributed by atoms with E-state index in [-0.39, 0.29) is 18.7 Å². The van der Waals surface area contributed by atoms with E-state index in [4.69, 9.17) is 4.74 Å². The van der Waals surface area contributed by atoms with E-state index in [9.17, 15) is 14.4 Å². The number of ether oxygens (including phenoxy) is 2. The molecule has 0 amide bonds. The van der Waals surface area contributed by atoms with Gasteiger partial charge in [-0.05, 0) is 19.1 Å². The lowest BCUT2D eigenvalue weighted by Gasteiger charge is -2.11. The molecule has 1 aromatic heterocycles. The van der Waals surface area contributed by atoms with Crippen LogP contribution in [0.5, 0.6) is 0 Å². The number of esters is 2. The Bertz CT molecular complexity index is 747. The van der Waals surface area contributed by atoms with Crippen LogP contribution in [0.2, 0.25) is 0 Å². The Balaban J connectivity index is 2.66. The second-order valence-corrected chi connectivity index (χ2v) is 4.31. The van der Waals surface area contributed by atoms with E-state index in [0.717, 1.165) is 0 Å². The summed E-state index contributed by atoms with van der Waals surface area (Å²) in [6.07, 6.45) is 1.33. The summed E-state index contributed by atoms with van der Waals surface area (Å²) in [5, 5.41) is 0.354. The molecule has 2 aromatic rings. The molecule has 0 N–H and O–H groups in total. The van der Waals surface area contributed by atoms with E-state index >= 15 is 0 Å². The Kier molecular flexibility index (Phi) is 4.37. The van der Waals surface area contributed by atoms with Gasteiger partial charge in [-0.2, -0.15) is 0 Å². The lowest BCUT2D eigenvalue weighted by atomic mass is 10.1. The highest BCUT2D eigenvalue weighted by molar-refractivity contribution is 5.94. The third-order valence-corrected chi connectivity index (χ3v) is 3.01. The SMILES string of the molecule is CCOC(=O)c1cn(CC(=O)OC)c2ccccc2c1=O. The normalized spacial score (nSPS) is 10.4. The topological polar surface area (TPSA) is 74.6 Å². The number of hydrogen-bond donors (Lipinski definition) is 0. The number of carbonyl (C=O) groups is 2. The average Bonchev–Trinajstić information content (AvgIpc) is 2.50. The van der Waals surface area contributed by atoms with Crippen molar-refractivity contribution in [1.29, 1.82) is 0 Å². The fourth-order valence-electron chi connectivity index (χ4n) is 2.03. The molecule has 0 bridgehead atoms. The molecule has 0 aliphatic carbocycles. The minimum absolute atomic E-state index is 0.0936. The van der Waals surface area contributed by atoms with Crippen molar-refractivity contribution < 1.29 is 19.1 Å². The molecule has 0 fully saturated rings. The third-order valence-electron chi connectivity index (χ3n) is 3.01. The van der Waals surface area contributed by atoms with Crippen molar-refractivity contribution in [2.24, 2.45) is 0 Å². The summed E-state index contributed by atoms with van der Waals surface area (Å²) in [6.45, 7) is 1.73. The quantitative estimate of drug-likeness (QED) is 0.794. The molecule has 21 heavy (non-hydrogen) atoms. The minimum atomic E-state index is -0.702. The molecule has 0 radical (unpaired) electrons. The Labute approximate surface area is 120 Å². The first-order valence-electron chi connectivity index (χ1n) is 6.44. The van der Waals surface area contributed by atoms with Crippen molar-refractivity contribution in [2.45, 2.75) is 13.5 Å². The highest BCUT2D eigenvalue weighted by Gasteiger charge is 2.17. The standard InChI is InChI=1S/C15H15NO5/c1-3-21-15(19)11-8-16(9-13(17)20-2)12-7-5-4-6-10(12)14(11)18/h4-8H,3,9H2,1-2H3. The smallest absolute Gasteiger partial charge is 0.343 e. The minimum Gasteiger partial charge on any atom is -0.468 e. The van der Waals surface area contributed by atoms with Crippen LogP contribution in [0.15, 0.2) is 35.3 Å². The lowest BCUT2D eigenvalue weighted by molar-refractivity contribution is -0.141. The highest BCUT2D eigenvalue weighted by Crippen LogP contribution is 2.12. The van der Waals surface area contributed by atoms with Crippen LogP contribution in [-0.4, -0.2) is 30.2 Å². The molecule has 6 nitrogen and oxygen atoms in total. The number of methoxy groups -OCH3 is 1. The molecule has 110 valence electrons. The molecular weight excluding hydrogens is 274 g/mol. The van der Waals surface area contributed by atoms with Crippen LogP contribution in [-0.2, 0) is 20.8 Å². The predicted molar refractivity (Wildman–Crippen MR) is 76.2 cm³/mol. The molecule has 1 aromatic carbocycles. The summed E-state index contributed by atoms with van der Waals surface area (Å²) >= 11 is 0. The van der Waals surface area contributed by atoms with E-state index in [1.165, 1.54) is 17.9 Å². The van der Waals surface area contributed by atoms with Gasteiger partial charge < -0.3 is 14.0 Å². The average molecular weight is 289 g/mol. The molecule has 2 rings (SSSR count). The zero-order valence-corrected chi connectivity index (χ0v) is 11.8. The van der Waals surface area contributed by atoms with E-state index < -0.39 is 17.4 Å². The molecule has 0 saturated carbocycles. The van der Waals surface area contributed by atoms with Crippen LogP contribution >= 0.6 is 0 Å². The molecule has 6 heteroatoms. The van der Waals surface area contributed by atoms with Crippen LogP contribution in [0.25, 0.3) is 10.9 Å². The molecular formula is C15H15NO5. The predicted octanol–water partition coefficient (Wildman–Crippen LogP) is 1.35. The van der Waals surface area contributed by atoms with E-state index in [0.29, 0.717) is 10.9 Å². The van der Waals surface area contributed by atoms with Gasteiger partial charge in [0.15, 0.2) is 0 Å². The van der Waals surface area contributed by atoms with E-state index in [1.807, 2.05) is 0 Å². The number of rotatable bonds is 4. The number of nitrogens with zero attached hydrogens (tertiary/aromatic N) is 1. The summed E-state index contributed by atoms with van der Waals surface area (Å²) in [4.78, 5) is 35.7. The van der Waals surface area contributed by atoms with Crippen LogP contribution < -0.4 is 5.43 Å². The number of pyridine rings is 1. The monoisotopic (exact) mass is 289 g/mol. The van der Waals surface area contributed by atoms with Gasteiger partial charge in [-0.1, -0.05) is 12.1 Å². The molecule has 0 aliphatic rings. The number of aromatic nitrogens is 1. The summed E-state index contributed by atoms with van der Waals surface area (Å²) in [5.74, 6) is -1.18. The van der Waals surface area contributed by atoms with Gasteiger partial charge in [-0.15, -0.1) is 0 Å². The summed E-state index contributed by atoms with van der Waals surface area (Å²) in [5.41, 5.74) is 0.0468. The van der Waals surface area contributed by atoms with Gasteiger partial charge in [0.2, 0.25) is 5.43 Å². The first kappa shape index (κ1) is 14.8. The number of para-hydroxylation sites is 1. The summed E-state index contributed by atoms with van der Waals surface area (Å²) < 4.78 is 11.0. The van der Waals surface area contributed by atoms with Gasteiger partial charge in [-0.25, -0.2) is 4.79 Å². The zero-order valence-electron chi connectivity index (χ0n) is 11.8. The van der Waals surface area contributed by atoms with Crippen LogP contribution in [0.3, 0.4) is 0 Å². The van der Waals surface area contributed by atoms with Gasteiger partial charge in [0, 0.05) is 11.6 Å². The Morgan fingerprint density at radius 1 is 1.24 bits per heavy atom. The van der Waals surface area contributed by atoms with Crippen molar-refractivity contribution in [3.63, 3.8) is 0 Å². The van der Waals surface area contributed by atoms with Crippen molar-refractivity contribution in [1.82, 2.24) is 4.57 Å². The maximum Gasteiger partial charge on any atom is 0.343 e. The maximum atomic E-state index is 12.3. The number of benzene rings is 1. The van der Waals surface area contributed by atoms with Crippen molar-refractivity contribution in [3.05, 3.63) is 46.2 Å². The van der Waals surface area contributed by atoms with Gasteiger partial charge in [0.25, 0.3) is 0 Å². The molecule has 0 saturated heterocycles. The third kappa shape index (κ3) is 2.94. The lowest BCUT2D eigenvalue weighted by Crippen LogP contribution is -2.22.